The largest absolute Gasteiger partial charge is 0.294 e. The molecule has 0 spiro atoms. The van der Waals surface area contributed by atoms with Gasteiger partial charge in [0.2, 0.25) is 5.91 Å². The Hall–Kier alpha value is -2.66. The summed E-state index contributed by atoms with van der Waals surface area (Å²) in [6, 6.07) is 14.6. The topological polar surface area (TPSA) is 64.0 Å². The number of hydrogen-bond acceptors (Lipinski definition) is 3. The second kappa shape index (κ2) is 7.30. The SMILES string of the molecule is O=C(CC1CC2CCC1C2)Nn1nc(-c2ccc(Cl)cc2)c2ccccc2c1=O. The van der Waals surface area contributed by atoms with Gasteiger partial charge >= 0.3 is 0 Å². The summed E-state index contributed by atoms with van der Waals surface area (Å²) in [5.74, 6) is 1.74. The van der Waals surface area contributed by atoms with Gasteiger partial charge in [-0.05, 0) is 55.2 Å². The molecule has 3 aromatic rings. The van der Waals surface area contributed by atoms with E-state index in [1.165, 1.54) is 19.3 Å². The van der Waals surface area contributed by atoms with E-state index in [9.17, 15) is 9.59 Å². The highest BCUT2D eigenvalue weighted by atomic mass is 35.5. The Labute approximate surface area is 173 Å². The first-order valence-corrected chi connectivity index (χ1v) is 10.5. The number of amides is 1. The van der Waals surface area contributed by atoms with Crippen LogP contribution in [-0.4, -0.2) is 15.8 Å². The number of hydrogen-bond donors (Lipinski definition) is 1. The molecule has 148 valence electrons. The minimum Gasteiger partial charge on any atom is -0.273 e. The zero-order valence-electron chi connectivity index (χ0n) is 16.0. The lowest BCUT2D eigenvalue weighted by Crippen LogP contribution is -2.36. The molecule has 3 unspecified atom stereocenters. The van der Waals surface area contributed by atoms with E-state index in [-0.39, 0.29) is 11.5 Å². The number of rotatable bonds is 4. The Balaban J connectivity index is 1.48. The molecule has 0 saturated heterocycles. The van der Waals surface area contributed by atoms with Gasteiger partial charge in [0, 0.05) is 22.4 Å². The minimum atomic E-state index is -0.320. The van der Waals surface area contributed by atoms with Crippen LogP contribution in [0, 0.1) is 17.8 Å². The number of nitrogens with one attached hydrogen (secondary N) is 1. The molecule has 2 aliphatic carbocycles. The standard InChI is InChI=1S/C23H22ClN3O2/c24-18-9-7-15(8-10-18)22-19-3-1-2-4-20(19)23(29)27(26-22)25-21(28)13-17-12-14-5-6-16(17)11-14/h1-4,7-10,14,16-17H,5-6,11-13H2,(H,25,28). The molecule has 1 N–H and O–H groups in total. The van der Waals surface area contributed by atoms with Crippen LogP contribution in [0.25, 0.3) is 22.0 Å². The van der Waals surface area contributed by atoms with Gasteiger partial charge in [0.15, 0.2) is 0 Å². The third-order valence-corrected chi connectivity index (χ3v) is 6.74. The fraction of sp³-hybridized carbons (Fsp3) is 0.348. The number of benzene rings is 2. The maximum absolute atomic E-state index is 12.9. The van der Waals surface area contributed by atoms with Crippen LogP contribution in [0.2, 0.25) is 5.02 Å². The van der Waals surface area contributed by atoms with Crippen molar-refractivity contribution in [1.82, 2.24) is 9.89 Å². The molecule has 0 radical (unpaired) electrons. The maximum atomic E-state index is 12.9. The van der Waals surface area contributed by atoms with E-state index in [1.54, 1.807) is 18.2 Å². The lowest BCUT2D eigenvalue weighted by atomic mass is 9.86. The summed E-state index contributed by atoms with van der Waals surface area (Å²) in [4.78, 5) is 26.7. The second-order valence-corrected chi connectivity index (χ2v) is 8.73. The van der Waals surface area contributed by atoms with Crippen molar-refractivity contribution < 1.29 is 4.79 Å². The second-order valence-electron chi connectivity index (χ2n) is 8.29. The number of halogens is 1. The number of fused-ring (bicyclic) bond motifs is 3. The Morgan fingerprint density at radius 3 is 2.52 bits per heavy atom. The van der Waals surface area contributed by atoms with Crippen molar-refractivity contribution in [3.8, 4) is 11.3 Å². The molecular weight excluding hydrogens is 386 g/mol. The molecule has 6 heteroatoms. The van der Waals surface area contributed by atoms with Crippen molar-refractivity contribution in [2.24, 2.45) is 17.8 Å². The van der Waals surface area contributed by atoms with Crippen LogP contribution in [0.15, 0.2) is 53.3 Å². The molecule has 0 aliphatic heterocycles. The first-order valence-electron chi connectivity index (χ1n) is 10.2. The van der Waals surface area contributed by atoms with Crippen LogP contribution in [-0.2, 0) is 4.79 Å². The van der Waals surface area contributed by atoms with Crippen LogP contribution < -0.4 is 11.0 Å². The Kier molecular flexibility index (Phi) is 4.63. The molecule has 1 amide bonds. The van der Waals surface area contributed by atoms with Gasteiger partial charge in [0.1, 0.15) is 5.69 Å². The molecule has 1 heterocycles. The Bertz CT molecular complexity index is 1140. The van der Waals surface area contributed by atoms with E-state index in [2.05, 4.69) is 10.5 Å². The van der Waals surface area contributed by atoms with Gasteiger partial charge < -0.3 is 0 Å². The van der Waals surface area contributed by atoms with E-state index >= 15 is 0 Å². The number of carbonyl (C=O) groups excluding carboxylic acids is 1. The molecule has 1 aromatic heterocycles. The van der Waals surface area contributed by atoms with Crippen molar-refractivity contribution >= 4 is 28.3 Å². The Morgan fingerprint density at radius 1 is 1.07 bits per heavy atom. The molecule has 29 heavy (non-hydrogen) atoms. The number of nitrogens with zero attached hydrogens (tertiary/aromatic N) is 2. The van der Waals surface area contributed by atoms with Crippen LogP contribution in [0.3, 0.4) is 0 Å². The average Bonchev–Trinajstić information content (AvgIpc) is 3.34. The lowest BCUT2D eigenvalue weighted by molar-refractivity contribution is -0.118. The van der Waals surface area contributed by atoms with Gasteiger partial charge in [-0.3, -0.25) is 9.59 Å². The fourth-order valence-electron chi connectivity index (χ4n) is 5.11. The van der Waals surface area contributed by atoms with Crippen molar-refractivity contribution in [3.63, 3.8) is 0 Å². The van der Waals surface area contributed by atoms with E-state index in [0.717, 1.165) is 28.1 Å². The average molecular weight is 408 g/mol. The van der Waals surface area contributed by atoms with Gasteiger partial charge in [-0.1, -0.05) is 48.4 Å². The Morgan fingerprint density at radius 2 is 1.83 bits per heavy atom. The van der Waals surface area contributed by atoms with Gasteiger partial charge in [0.25, 0.3) is 5.56 Å². The summed E-state index contributed by atoms with van der Waals surface area (Å²) in [6.45, 7) is 0. The normalized spacial score (nSPS) is 22.9. The minimum absolute atomic E-state index is 0.144. The number of aromatic nitrogens is 2. The third-order valence-electron chi connectivity index (χ3n) is 6.49. The van der Waals surface area contributed by atoms with Gasteiger partial charge in [-0.2, -0.15) is 0 Å². The van der Waals surface area contributed by atoms with Crippen molar-refractivity contribution in [2.45, 2.75) is 32.1 Å². The first kappa shape index (κ1) is 18.4. The fourth-order valence-corrected chi connectivity index (χ4v) is 5.24. The molecule has 5 rings (SSSR count). The van der Waals surface area contributed by atoms with E-state index in [1.807, 2.05) is 30.3 Å². The van der Waals surface area contributed by atoms with Crippen LogP contribution in [0.1, 0.15) is 32.1 Å². The lowest BCUT2D eigenvalue weighted by Gasteiger charge is -2.21. The molecule has 5 nitrogen and oxygen atoms in total. The predicted molar refractivity (Wildman–Crippen MR) is 114 cm³/mol. The zero-order valence-corrected chi connectivity index (χ0v) is 16.7. The first-order chi connectivity index (χ1) is 14.1. The summed E-state index contributed by atoms with van der Waals surface area (Å²) in [5.41, 5.74) is 3.89. The van der Waals surface area contributed by atoms with Crippen molar-refractivity contribution in [3.05, 3.63) is 63.9 Å². The summed E-state index contributed by atoms with van der Waals surface area (Å²) < 4.78 is 0. The predicted octanol–water partition coefficient (Wildman–Crippen LogP) is 4.61. The molecule has 2 bridgehead atoms. The van der Waals surface area contributed by atoms with Crippen LogP contribution >= 0.6 is 11.6 Å². The maximum Gasteiger partial charge on any atom is 0.294 e. The van der Waals surface area contributed by atoms with Crippen molar-refractivity contribution in [1.29, 1.82) is 0 Å². The number of carbonyl (C=O) groups is 1. The summed E-state index contributed by atoms with van der Waals surface area (Å²) in [7, 11) is 0. The highest BCUT2D eigenvalue weighted by molar-refractivity contribution is 6.30. The summed E-state index contributed by atoms with van der Waals surface area (Å²) >= 11 is 6.02. The summed E-state index contributed by atoms with van der Waals surface area (Å²) in [6.07, 6.45) is 5.38. The van der Waals surface area contributed by atoms with E-state index in [4.69, 9.17) is 11.6 Å². The van der Waals surface area contributed by atoms with Gasteiger partial charge in [-0.15, -0.1) is 9.89 Å². The highest BCUT2D eigenvalue weighted by Gasteiger charge is 2.40. The quantitative estimate of drug-likeness (QED) is 0.686. The molecule has 2 aliphatic rings. The van der Waals surface area contributed by atoms with E-state index in [0.29, 0.717) is 34.4 Å². The smallest absolute Gasteiger partial charge is 0.273 e. The van der Waals surface area contributed by atoms with Gasteiger partial charge in [-0.25, -0.2) is 5.43 Å². The van der Waals surface area contributed by atoms with E-state index < -0.39 is 0 Å². The molecule has 3 atom stereocenters. The van der Waals surface area contributed by atoms with Crippen molar-refractivity contribution in [2.75, 3.05) is 5.43 Å². The summed E-state index contributed by atoms with van der Waals surface area (Å²) in [5, 5.41) is 6.39. The third kappa shape index (κ3) is 3.44. The molecular formula is C23H22ClN3O2. The molecule has 2 fully saturated rings. The zero-order chi connectivity index (χ0) is 20.0. The molecule has 2 saturated carbocycles. The van der Waals surface area contributed by atoms with Gasteiger partial charge in [0.05, 0.1) is 5.39 Å². The molecule has 2 aromatic carbocycles. The van der Waals surface area contributed by atoms with Crippen LogP contribution in [0.5, 0.6) is 0 Å². The monoisotopic (exact) mass is 407 g/mol. The highest BCUT2D eigenvalue weighted by Crippen LogP contribution is 2.49. The van der Waals surface area contributed by atoms with Crippen LogP contribution in [0.4, 0.5) is 0 Å².